The van der Waals surface area contributed by atoms with Crippen LogP contribution in [0, 0.1) is 30.2 Å². The van der Waals surface area contributed by atoms with Crippen LogP contribution in [0.3, 0.4) is 0 Å². The van der Waals surface area contributed by atoms with Crippen LogP contribution in [-0.4, -0.2) is 119 Å². The Bertz CT molecular complexity index is 6930. The molecule has 550 valence electrons. The molecule has 0 unspecified atom stereocenters. The Morgan fingerprint density at radius 1 is 0.543 bits per heavy atom. The van der Waals surface area contributed by atoms with Gasteiger partial charge in [-0.2, -0.15) is 26.3 Å². The average molecular weight is 1530 g/mol. The molecule has 4 heterocycles. The topological polar surface area (TPSA) is 110 Å². The van der Waals surface area contributed by atoms with E-state index in [2.05, 4.69) is 0 Å². The number of thioether (sulfide) groups is 2. The van der Waals surface area contributed by atoms with Crippen molar-refractivity contribution in [1.82, 2.24) is 28.7 Å². The minimum Gasteiger partial charge on any atom is -0.383 e. The molecule has 8 aromatic carbocycles. The maximum atomic E-state index is 15.9. The van der Waals surface area contributed by atoms with Crippen molar-refractivity contribution in [2.45, 2.75) is 104 Å². The summed E-state index contributed by atoms with van der Waals surface area (Å²) in [6.07, 6.45) is -28.0. The van der Waals surface area contributed by atoms with Crippen LogP contribution >= 0.6 is 23.5 Å². The van der Waals surface area contributed by atoms with Gasteiger partial charge in [-0.15, -0.1) is 23.5 Å². The van der Waals surface area contributed by atoms with E-state index in [4.69, 9.17) is 46.5 Å². The third kappa shape index (κ3) is 19.3. The summed E-state index contributed by atoms with van der Waals surface area (Å²) in [7, 11) is 1.76. The number of halogens is 10. The van der Waals surface area contributed by atoms with Crippen molar-refractivity contribution in [3.05, 3.63) is 270 Å². The van der Waals surface area contributed by atoms with Gasteiger partial charge < -0.3 is 38.2 Å². The van der Waals surface area contributed by atoms with Gasteiger partial charge in [0, 0.05) is 151 Å². The third-order valence-electron chi connectivity index (χ3n) is 14.8. The van der Waals surface area contributed by atoms with Crippen LogP contribution < -0.4 is 10.9 Å². The van der Waals surface area contributed by atoms with Crippen LogP contribution in [0.25, 0.3) is 44.1 Å². The number of alkyl halides is 6. The predicted octanol–water partition coefficient (Wildman–Crippen LogP) is 17.1. The quantitative estimate of drug-likeness (QED) is 0.0428. The summed E-state index contributed by atoms with van der Waals surface area (Å²) in [6, 6.07) is -12.0. The normalized spacial score (nSPS) is 24.8. The molecule has 2 aliphatic rings. The molecule has 2 fully saturated rings. The number of rotatable bonds is 24. The number of hydrogen-bond donors (Lipinski definition) is 0. The van der Waals surface area contributed by atoms with Crippen molar-refractivity contribution in [2.75, 3.05) is 66.4 Å². The summed E-state index contributed by atoms with van der Waals surface area (Å²) >= 11 is 0.377. The number of hydrogen-bond acceptors (Lipinski definition) is 10. The van der Waals surface area contributed by atoms with Gasteiger partial charge in [0.2, 0.25) is 11.8 Å². The van der Waals surface area contributed by atoms with Crippen molar-refractivity contribution in [3.8, 4) is 22.3 Å². The van der Waals surface area contributed by atoms with Crippen molar-refractivity contribution < 1.29 is 119 Å². The van der Waals surface area contributed by atoms with Gasteiger partial charge in [-0.1, -0.05) is 115 Å². The Labute approximate surface area is 667 Å². The second kappa shape index (κ2) is 34.9. The lowest BCUT2D eigenvalue weighted by molar-refractivity contribution is -0.138. The van der Waals surface area contributed by atoms with Crippen molar-refractivity contribution in [1.29, 1.82) is 0 Å². The Morgan fingerprint density at radius 3 is 1.71 bits per heavy atom. The van der Waals surface area contributed by atoms with E-state index >= 15 is 14.0 Å². The number of pyridine rings is 2. The first-order valence-corrected chi connectivity index (χ1v) is 32.2. The van der Waals surface area contributed by atoms with Gasteiger partial charge in [-0.3, -0.25) is 19.2 Å². The van der Waals surface area contributed by atoms with Gasteiger partial charge in [-0.25, -0.2) is 17.6 Å². The first-order chi connectivity index (χ1) is 66.5. The zero-order valence-electron chi connectivity index (χ0n) is 95.2. The van der Waals surface area contributed by atoms with Crippen molar-refractivity contribution >= 4 is 57.1 Å². The summed E-state index contributed by atoms with van der Waals surface area (Å²) in [4.78, 5) is 57.0. The van der Waals surface area contributed by atoms with Crippen LogP contribution in [0.1, 0.15) is 121 Å². The number of amides is 2. The number of likely N-dealkylation sites (tertiary alicyclic amines) is 2. The lowest BCUT2D eigenvalue weighted by Crippen LogP contribution is -2.48. The molecule has 0 radical (unpaired) electrons. The molecule has 12 nitrogen and oxygen atoms in total. The second-order valence-electron chi connectivity index (χ2n) is 21.7. The van der Waals surface area contributed by atoms with Crippen LogP contribution in [0.2, 0.25) is 0 Å². The lowest BCUT2D eigenvalue weighted by atomic mass is 9.97. The lowest BCUT2D eigenvalue weighted by Gasteiger charge is -2.39. The molecule has 24 heteroatoms. The predicted molar refractivity (Wildman–Crippen MR) is 391 cm³/mol. The van der Waals surface area contributed by atoms with Gasteiger partial charge in [0.05, 0.1) is 74.2 Å². The Hall–Kier alpha value is -9.04. The molecule has 0 bridgehead atoms. The number of aromatic nitrogens is 2. The molecule has 0 N–H and O–H groups in total. The molecular formula is C81H78F10N6O6S2. The van der Waals surface area contributed by atoms with E-state index in [1.54, 1.807) is 0 Å². The summed E-state index contributed by atoms with van der Waals surface area (Å²) in [5.74, 6) is -13.0. The summed E-state index contributed by atoms with van der Waals surface area (Å²) < 4.78 is 516. The van der Waals surface area contributed by atoms with Crippen molar-refractivity contribution in [2.24, 2.45) is 0 Å². The van der Waals surface area contributed by atoms with Gasteiger partial charge >= 0.3 is 12.4 Å². The molecule has 2 aliphatic heterocycles. The Balaban J connectivity index is 0.000000284. The van der Waals surface area contributed by atoms with Gasteiger partial charge in [0.1, 0.15) is 13.0 Å². The number of fused-ring (bicyclic) bond motifs is 2. The molecule has 0 aliphatic carbocycles. The maximum Gasteiger partial charge on any atom is 0.416 e. The molecule has 0 saturated carbocycles. The smallest absolute Gasteiger partial charge is 0.383 e. The van der Waals surface area contributed by atoms with Crippen LogP contribution in [0.5, 0.6) is 0 Å². The fourth-order valence-electron chi connectivity index (χ4n) is 9.53. The number of piperidine rings is 2. The molecule has 105 heavy (non-hydrogen) atoms. The molecule has 12 rings (SSSR count). The minimum absolute atomic E-state index is 0.0490. The van der Waals surface area contributed by atoms with Gasteiger partial charge in [-0.05, 0) is 132 Å². The monoisotopic (exact) mass is 1530 g/mol. The van der Waals surface area contributed by atoms with Gasteiger partial charge in [0.25, 0.3) is 0 Å². The number of carbonyl (C=O) groups is 2. The van der Waals surface area contributed by atoms with E-state index in [9.17, 15) is 68.3 Å². The number of benzene rings is 8. The number of nitrogens with zero attached hydrogens (tertiary/aromatic N) is 6. The summed E-state index contributed by atoms with van der Waals surface area (Å²) in [6.45, 7) is -37.2. The highest BCUT2D eigenvalue weighted by Crippen LogP contribution is 2.36. The zero-order chi connectivity index (χ0) is 111. The SMILES string of the molecule is [2H]C([2H])(COC)N1C([2H])([2H])C([2H])([2H])C([2H])(N(Cc2ccc(-c3ccc(C(F)(F)F)cc3)cc2)C(=O)C([2H])([2H])n2c(SCc3cccc(F)c3F)cc(=O)c3ccccc32)C([2H])([2H])C1([2H])[2H].[2H]c1c([2H])c(F)c(F)c(CSc2c([2H])c(=O)c3c([2H])c([2H])c([2H])c([2H])c3n2C([2H])([2H])C(=O)N(Cc2c([2H])c([2H])c(-c3c([2H])c([2H])c(C(F)(F)F)c([2H])c3[2H])c([2H])c2C)C2([2H])C([2H])([2H])C([2H])([2H])N(C([2H])([2H])COC)C([2H])([2H])C2([2H])[2H])c1[2H]. The van der Waals surface area contributed by atoms with E-state index < -0.39 is 351 Å². The van der Waals surface area contributed by atoms with Crippen LogP contribution in [0.4, 0.5) is 43.9 Å². The van der Waals surface area contributed by atoms with Gasteiger partial charge in [0.15, 0.2) is 34.1 Å². The Kier molecular flexibility index (Phi) is 13.3. The first-order valence-electron chi connectivity index (χ1n) is 50.7. The summed E-state index contributed by atoms with van der Waals surface area (Å²) in [5, 5.41) is -3.29. The number of para-hydroxylation sites is 2. The largest absolute Gasteiger partial charge is 0.416 e. The molecule has 2 aromatic heterocycles. The van der Waals surface area contributed by atoms with Crippen LogP contribution in [0.15, 0.2) is 207 Å². The fraction of sp³-hybridized carbons (Fsp3) is 0.309. The molecule has 2 amide bonds. The molecule has 10 aromatic rings. The van der Waals surface area contributed by atoms with E-state index in [0.717, 1.165) is 57.5 Å². The van der Waals surface area contributed by atoms with Crippen LogP contribution in [-0.2, 0) is 69.0 Å². The highest BCUT2D eigenvalue weighted by molar-refractivity contribution is 7.98. The first kappa shape index (κ1) is 40.1. The highest BCUT2D eigenvalue weighted by atomic mass is 32.2. The van der Waals surface area contributed by atoms with E-state index in [1.165, 1.54) is 60.7 Å². The minimum atomic E-state index is -5.52. The third-order valence-corrected chi connectivity index (χ3v) is 16.8. The molecule has 0 atom stereocenters. The summed E-state index contributed by atoms with van der Waals surface area (Å²) in [5.41, 5.74) is -12.5. The number of methoxy groups -OCH3 is 2. The zero-order valence-corrected chi connectivity index (χ0v) is 55.8. The molecule has 2 saturated heterocycles. The highest BCUT2D eigenvalue weighted by Gasteiger charge is 2.34. The molecule has 0 spiro atoms. The van der Waals surface area contributed by atoms with Crippen molar-refractivity contribution in [3.63, 3.8) is 0 Å². The van der Waals surface area contributed by atoms with E-state index in [0.29, 0.717) is 21.9 Å². The maximum absolute atomic E-state index is 15.9. The second-order valence-corrected chi connectivity index (χ2v) is 23.6. The Morgan fingerprint density at radius 2 is 1.10 bits per heavy atom. The average Bonchev–Trinajstić information content (AvgIpc) is 0.659. The number of carbonyl (C=O) groups excluding carboxylic acids is 2. The van der Waals surface area contributed by atoms with E-state index in [-0.39, 0.29) is 48.8 Å². The molecular weight excluding hydrogens is 1410 g/mol. The number of ether oxygens (including phenoxy) is 2. The van der Waals surface area contributed by atoms with E-state index in [1.807, 2.05) is 0 Å². The standard InChI is InChI=1S/C41H40F5N3O3S.C40H38F5N3O3S/c1-27-22-29(28-12-14-32(15-13-28)41(44,45)46)10-11-30(27)24-48(33-16-18-47(19-17-33)20-21-52-2)38(51)25-49-36-9-4-3-7-34(36)37(50)23-39(49)53-26-31-6-5-8-35(42)40(31)43;1-51-22-21-46-19-17-32(18-20-46)47(24-27-9-11-28(12-10-27)29-13-15-31(16-14-29)40(43,44)45)37(50)25-48-35-8-3-2-6-33(35)36(49)23-38(48)52-26-30-5-4-7-34(41)39(30)42/h3-15,22-23,33H,16-21,24-26H2,1-2H3;2-16,23,32H,17-22,24-26H2,1H3/i3D,4D,5D,6D,7D,8D,9D,10D,11D,12D,13D,14D,15D,16D2,17D2,18D2,19D2,20D2,22D,23D,25D2,33D;17D2,18D2,19D2,20D2,21D2,25D2,32D. The fourth-order valence-corrected chi connectivity index (χ4v) is 11.4.